The van der Waals surface area contributed by atoms with Crippen LogP contribution in [0.15, 0.2) is 58.3 Å². The number of hydrogen-bond donors (Lipinski definition) is 0. The summed E-state index contributed by atoms with van der Waals surface area (Å²) >= 11 is 0. The Morgan fingerprint density at radius 3 is 1.87 bits per heavy atom. The largest absolute Gasteiger partial charge is 0.219 e. The third kappa shape index (κ3) is 4.68. The van der Waals surface area contributed by atoms with Gasteiger partial charge in [-0.1, -0.05) is 52.0 Å². The zero-order valence-corrected chi connectivity index (χ0v) is 15.2. The van der Waals surface area contributed by atoms with Gasteiger partial charge in [0.25, 0.3) is 0 Å². The number of sulfone groups is 1. The molecular weight excluding hydrogens is 304 g/mol. The molecule has 124 valence electrons. The van der Waals surface area contributed by atoms with Gasteiger partial charge in [0.05, 0.1) is 9.79 Å². The predicted molar refractivity (Wildman–Crippen MR) is 95.4 cm³/mol. The van der Waals surface area contributed by atoms with Gasteiger partial charge in [-0.05, 0) is 60.1 Å². The maximum absolute atomic E-state index is 12.8. The van der Waals surface area contributed by atoms with Gasteiger partial charge in [-0.2, -0.15) is 0 Å². The van der Waals surface area contributed by atoms with Crippen LogP contribution < -0.4 is 0 Å². The third-order valence-electron chi connectivity index (χ3n) is 3.73. The summed E-state index contributed by atoms with van der Waals surface area (Å²) in [5.41, 5.74) is 2.24. The van der Waals surface area contributed by atoms with E-state index in [9.17, 15) is 8.42 Å². The minimum Gasteiger partial charge on any atom is -0.219 e. The molecule has 0 heterocycles. The molecule has 0 unspecified atom stereocenters. The molecule has 0 aliphatic carbocycles. The van der Waals surface area contributed by atoms with Crippen LogP contribution >= 0.6 is 0 Å². The molecule has 23 heavy (non-hydrogen) atoms. The SMILES string of the molecule is CC(C)Cc1ccc(S(=O)(=O)c2cccc(CC(C)C)c2)cc1. The Kier molecular flexibility index (Phi) is 5.64. The zero-order valence-electron chi connectivity index (χ0n) is 14.4. The Hall–Kier alpha value is -1.61. The van der Waals surface area contributed by atoms with E-state index in [1.807, 2.05) is 24.3 Å². The molecule has 0 bridgehead atoms. The van der Waals surface area contributed by atoms with Crippen molar-refractivity contribution in [3.8, 4) is 0 Å². The summed E-state index contributed by atoms with van der Waals surface area (Å²) in [4.78, 5) is 0.749. The van der Waals surface area contributed by atoms with Crippen LogP contribution in [0.5, 0.6) is 0 Å². The summed E-state index contributed by atoms with van der Waals surface area (Å²) in [5, 5.41) is 0. The highest BCUT2D eigenvalue weighted by Gasteiger charge is 2.18. The molecule has 0 atom stereocenters. The lowest BCUT2D eigenvalue weighted by molar-refractivity contribution is 0.595. The second-order valence-electron chi connectivity index (χ2n) is 6.99. The molecule has 0 spiro atoms. The highest BCUT2D eigenvalue weighted by atomic mass is 32.2. The topological polar surface area (TPSA) is 34.1 Å². The smallest absolute Gasteiger partial charge is 0.206 e. The van der Waals surface area contributed by atoms with Gasteiger partial charge < -0.3 is 0 Å². The summed E-state index contributed by atoms with van der Waals surface area (Å²) in [5.74, 6) is 1.06. The van der Waals surface area contributed by atoms with E-state index < -0.39 is 9.84 Å². The lowest BCUT2D eigenvalue weighted by Gasteiger charge is -2.10. The van der Waals surface area contributed by atoms with Gasteiger partial charge in [-0.3, -0.25) is 0 Å². The van der Waals surface area contributed by atoms with Gasteiger partial charge >= 0.3 is 0 Å². The van der Waals surface area contributed by atoms with Crippen molar-refractivity contribution in [2.75, 3.05) is 0 Å². The second kappa shape index (κ2) is 7.31. The first-order chi connectivity index (χ1) is 10.8. The minimum absolute atomic E-state index is 0.367. The molecule has 2 aromatic rings. The van der Waals surface area contributed by atoms with Crippen molar-refractivity contribution in [2.24, 2.45) is 11.8 Å². The van der Waals surface area contributed by atoms with Gasteiger partial charge in [0.1, 0.15) is 0 Å². The van der Waals surface area contributed by atoms with Crippen LogP contribution in [0.25, 0.3) is 0 Å². The molecule has 0 aromatic heterocycles. The van der Waals surface area contributed by atoms with Crippen LogP contribution in [-0.2, 0) is 22.7 Å². The standard InChI is InChI=1S/C20H26O2S/c1-15(2)12-17-8-10-19(11-9-17)23(21,22)20-7-5-6-18(14-20)13-16(3)4/h5-11,14-16H,12-13H2,1-4H3. The van der Waals surface area contributed by atoms with Crippen molar-refractivity contribution in [1.29, 1.82) is 0 Å². The molecule has 0 aliphatic heterocycles. The summed E-state index contributed by atoms with van der Waals surface area (Å²) < 4.78 is 25.6. The molecule has 0 radical (unpaired) electrons. The predicted octanol–water partition coefficient (Wildman–Crippen LogP) is 4.92. The van der Waals surface area contributed by atoms with Crippen molar-refractivity contribution >= 4 is 9.84 Å². The van der Waals surface area contributed by atoms with E-state index in [-0.39, 0.29) is 0 Å². The normalized spacial score (nSPS) is 12.1. The van der Waals surface area contributed by atoms with E-state index in [4.69, 9.17) is 0 Å². The van der Waals surface area contributed by atoms with Gasteiger partial charge in [-0.25, -0.2) is 8.42 Å². The number of rotatable bonds is 6. The van der Waals surface area contributed by atoms with Crippen LogP contribution in [0.3, 0.4) is 0 Å². The van der Waals surface area contributed by atoms with Crippen molar-refractivity contribution < 1.29 is 8.42 Å². The monoisotopic (exact) mass is 330 g/mol. The first-order valence-electron chi connectivity index (χ1n) is 8.22. The van der Waals surface area contributed by atoms with Crippen LogP contribution in [0.1, 0.15) is 38.8 Å². The van der Waals surface area contributed by atoms with Crippen molar-refractivity contribution in [1.82, 2.24) is 0 Å². The Balaban J connectivity index is 2.31. The van der Waals surface area contributed by atoms with E-state index in [2.05, 4.69) is 27.7 Å². The molecule has 0 amide bonds. The lowest BCUT2D eigenvalue weighted by Crippen LogP contribution is -2.04. The summed E-state index contributed by atoms with van der Waals surface area (Å²) in [6.07, 6.45) is 1.85. The van der Waals surface area contributed by atoms with E-state index >= 15 is 0 Å². The lowest BCUT2D eigenvalue weighted by atomic mass is 10.0. The zero-order chi connectivity index (χ0) is 17.0. The Bertz CT molecular complexity index is 741. The van der Waals surface area contributed by atoms with E-state index in [0.717, 1.165) is 18.4 Å². The van der Waals surface area contributed by atoms with Gasteiger partial charge in [0, 0.05) is 0 Å². The fourth-order valence-corrected chi connectivity index (χ4v) is 4.05. The average Bonchev–Trinajstić information content (AvgIpc) is 2.47. The van der Waals surface area contributed by atoms with E-state index in [1.165, 1.54) is 5.56 Å². The van der Waals surface area contributed by atoms with Gasteiger partial charge in [0.2, 0.25) is 9.84 Å². The molecule has 2 nitrogen and oxygen atoms in total. The summed E-state index contributed by atoms with van der Waals surface area (Å²) in [6.45, 7) is 8.58. The molecular formula is C20H26O2S. The van der Waals surface area contributed by atoms with E-state index in [0.29, 0.717) is 21.6 Å². The molecule has 3 heteroatoms. The first kappa shape index (κ1) is 17.7. The maximum Gasteiger partial charge on any atom is 0.206 e. The summed E-state index contributed by atoms with van der Waals surface area (Å²) in [7, 11) is -3.44. The van der Waals surface area contributed by atoms with Crippen LogP contribution in [0.2, 0.25) is 0 Å². The van der Waals surface area contributed by atoms with Crippen LogP contribution in [-0.4, -0.2) is 8.42 Å². The third-order valence-corrected chi connectivity index (χ3v) is 5.50. The molecule has 2 aromatic carbocycles. The van der Waals surface area contributed by atoms with Crippen LogP contribution in [0.4, 0.5) is 0 Å². The van der Waals surface area contributed by atoms with Crippen molar-refractivity contribution in [3.63, 3.8) is 0 Å². The molecule has 0 saturated heterocycles. The fourth-order valence-electron chi connectivity index (χ4n) is 2.72. The molecule has 0 fully saturated rings. The van der Waals surface area contributed by atoms with Crippen LogP contribution in [0, 0.1) is 11.8 Å². The van der Waals surface area contributed by atoms with E-state index in [1.54, 1.807) is 24.3 Å². The molecule has 0 N–H and O–H groups in total. The minimum atomic E-state index is -3.44. The second-order valence-corrected chi connectivity index (χ2v) is 8.94. The van der Waals surface area contributed by atoms with Gasteiger partial charge in [-0.15, -0.1) is 0 Å². The molecule has 0 aliphatic rings. The summed E-state index contributed by atoms with van der Waals surface area (Å²) in [6, 6.07) is 14.6. The highest BCUT2D eigenvalue weighted by molar-refractivity contribution is 7.91. The van der Waals surface area contributed by atoms with Crippen molar-refractivity contribution in [3.05, 3.63) is 59.7 Å². The maximum atomic E-state index is 12.8. The van der Waals surface area contributed by atoms with Crippen molar-refractivity contribution in [2.45, 2.75) is 50.3 Å². The quantitative estimate of drug-likeness (QED) is 0.753. The highest BCUT2D eigenvalue weighted by Crippen LogP contribution is 2.23. The number of hydrogen-bond acceptors (Lipinski definition) is 2. The fraction of sp³-hybridized carbons (Fsp3) is 0.400. The Morgan fingerprint density at radius 2 is 1.30 bits per heavy atom. The number of benzene rings is 2. The molecule has 0 saturated carbocycles. The Morgan fingerprint density at radius 1 is 0.739 bits per heavy atom. The first-order valence-corrected chi connectivity index (χ1v) is 9.70. The van der Waals surface area contributed by atoms with Gasteiger partial charge in [0.15, 0.2) is 0 Å². The average molecular weight is 330 g/mol. The molecule has 2 rings (SSSR count). The Labute approximate surface area is 140 Å².